The van der Waals surface area contributed by atoms with Gasteiger partial charge in [-0.3, -0.25) is 0 Å². The zero-order chi connectivity index (χ0) is 12.4. The Morgan fingerprint density at radius 2 is 1.71 bits per heavy atom. The van der Waals surface area contributed by atoms with E-state index in [2.05, 4.69) is 43.1 Å². The minimum atomic E-state index is -1.64. The van der Waals surface area contributed by atoms with Gasteiger partial charge in [-0.15, -0.1) is 0 Å². The number of rotatable bonds is 2. The van der Waals surface area contributed by atoms with Crippen LogP contribution in [0, 0.1) is 13.8 Å². The predicted molar refractivity (Wildman–Crippen MR) is 81.5 cm³/mol. The monoisotopic (exact) mass is 340 g/mol. The van der Waals surface area contributed by atoms with Crippen LogP contribution >= 0.6 is 19.8 Å². The molecule has 0 fully saturated rings. The van der Waals surface area contributed by atoms with E-state index in [1.807, 2.05) is 6.08 Å². The molecule has 17 heavy (non-hydrogen) atoms. The normalized spacial score (nSPS) is 17.2. The Hall–Kier alpha value is -0.900. The van der Waals surface area contributed by atoms with Gasteiger partial charge in [-0.1, -0.05) is 0 Å². The van der Waals surface area contributed by atoms with Gasteiger partial charge in [0.2, 0.25) is 0 Å². The standard InChI is InChI=1S/C15H17IO/c1-11-7-8-15(17)16(9-11)10-14-12(2)5-4-6-13(14)3/h4-9H,10H2,1-3H3. The number of alkyl halides is 1. The van der Waals surface area contributed by atoms with Gasteiger partial charge in [0.05, 0.1) is 0 Å². The molecule has 2 rings (SSSR count). The number of carbonyl (C=O) groups is 1. The van der Waals surface area contributed by atoms with Crippen molar-refractivity contribution >= 4 is 23.6 Å². The summed E-state index contributed by atoms with van der Waals surface area (Å²) in [6.07, 6.45) is 3.70. The number of halogens is 1. The summed E-state index contributed by atoms with van der Waals surface area (Å²) in [6.45, 7) is 6.36. The van der Waals surface area contributed by atoms with Gasteiger partial charge in [-0.05, 0) is 0 Å². The van der Waals surface area contributed by atoms with Crippen LogP contribution in [0.3, 0.4) is 0 Å². The van der Waals surface area contributed by atoms with Crippen molar-refractivity contribution in [2.24, 2.45) is 0 Å². The molecule has 1 aromatic carbocycles. The second-order valence-corrected chi connectivity index (χ2v) is 9.11. The molecule has 0 N–H and O–H groups in total. The van der Waals surface area contributed by atoms with Crippen LogP contribution in [0.1, 0.15) is 23.6 Å². The Balaban J connectivity index is 2.27. The fourth-order valence-electron chi connectivity index (χ4n) is 1.88. The zero-order valence-electron chi connectivity index (χ0n) is 10.5. The number of carbonyl (C=O) groups excluding carboxylic acids is 1. The summed E-state index contributed by atoms with van der Waals surface area (Å²) in [4.78, 5) is 11.9. The molecule has 0 bridgehead atoms. The molecule has 0 aromatic heterocycles. The molecule has 0 atom stereocenters. The number of benzene rings is 1. The summed E-state index contributed by atoms with van der Waals surface area (Å²) in [5.74, 6) is 0. The first-order valence-electron chi connectivity index (χ1n) is 5.68. The van der Waals surface area contributed by atoms with Gasteiger partial charge in [0.1, 0.15) is 0 Å². The summed E-state index contributed by atoms with van der Waals surface area (Å²) >= 11 is -1.64. The number of allylic oxidation sites excluding steroid dienone is 3. The van der Waals surface area contributed by atoms with Crippen molar-refractivity contribution in [2.75, 3.05) is 0 Å². The molecular weight excluding hydrogens is 323 g/mol. The molecule has 1 aliphatic rings. The van der Waals surface area contributed by atoms with Crippen molar-refractivity contribution in [3.63, 3.8) is 0 Å². The van der Waals surface area contributed by atoms with Crippen LogP contribution in [0.4, 0.5) is 0 Å². The Labute approximate surface area is 110 Å². The van der Waals surface area contributed by atoms with Crippen LogP contribution in [-0.4, -0.2) is 3.79 Å². The van der Waals surface area contributed by atoms with E-state index in [4.69, 9.17) is 0 Å². The molecule has 1 aliphatic heterocycles. The van der Waals surface area contributed by atoms with Crippen LogP contribution < -0.4 is 0 Å². The van der Waals surface area contributed by atoms with E-state index in [0.717, 1.165) is 4.43 Å². The summed E-state index contributed by atoms with van der Waals surface area (Å²) in [6, 6.07) is 6.36. The number of hydrogen-bond donors (Lipinski definition) is 0. The molecule has 1 aromatic rings. The molecule has 0 spiro atoms. The molecule has 1 nitrogen and oxygen atoms in total. The first-order chi connectivity index (χ1) is 8.08. The van der Waals surface area contributed by atoms with Crippen LogP contribution in [0.5, 0.6) is 0 Å². The van der Waals surface area contributed by atoms with Crippen LogP contribution in [-0.2, 0) is 9.22 Å². The summed E-state index contributed by atoms with van der Waals surface area (Å²) in [7, 11) is 0. The Kier molecular flexibility index (Phi) is 3.82. The Bertz CT molecular complexity index is 491. The van der Waals surface area contributed by atoms with Crippen molar-refractivity contribution in [3.8, 4) is 0 Å². The fraction of sp³-hybridized carbons (Fsp3) is 0.267. The van der Waals surface area contributed by atoms with Gasteiger partial charge < -0.3 is 0 Å². The minimum absolute atomic E-state index is 0.377. The SMILES string of the molecule is CC1=CI(Cc2c(C)cccc2C)C(=O)C=C1. The topological polar surface area (TPSA) is 17.1 Å². The van der Waals surface area contributed by atoms with Gasteiger partial charge in [-0.2, -0.15) is 0 Å². The van der Waals surface area contributed by atoms with E-state index in [9.17, 15) is 4.79 Å². The average molecular weight is 340 g/mol. The van der Waals surface area contributed by atoms with Crippen molar-refractivity contribution < 1.29 is 4.79 Å². The summed E-state index contributed by atoms with van der Waals surface area (Å²) in [5.41, 5.74) is 5.26. The molecular formula is C15H17IO. The quantitative estimate of drug-likeness (QED) is 0.445. The molecule has 1 heterocycles. The molecule has 0 radical (unpaired) electrons. The maximum absolute atomic E-state index is 11.9. The van der Waals surface area contributed by atoms with Gasteiger partial charge >= 0.3 is 110 Å². The third-order valence-corrected chi connectivity index (χ3v) is 7.99. The summed E-state index contributed by atoms with van der Waals surface area (Å²) < 4.78 is 3.59. The zero-order valence-corrected chi connectivity index (χ0v) is 12.6. The van der Waals surface area contributed by atoms with Gasteiger partial charge in [0, 0.05) is 0 Å². The third kappa shape index (κ3) is 2.86. The van der Waals surface area contributed by atoms with Crippen molar-refractivity contribution in [2.45, 2.75) is 25.2 Å². The number of hydrogen-bond acceptors (Lipinski definition) is 1. The molecule has 0 saturated heterocycles. The van der Waals surface area contributed by atoms with Crippen LogP contribution in [0.15, 0.2) is 40.0 Å². The molecule has 90 valence electrons. The molecule has 0 amide bonds. The van der Waals surface area contributed by atoms with Gasteiger partial charge in [0.25, 0.3) is 0 Å². The van der Waals surface area contributed by atoms with E-state index in [-0.39, 0.29) is 0 Å². The summed E-state index contributed by atoms with van der Waals surface area (Å²) in [5, 5.41) is 0. The second-order valence-electron chi connectivity index (χ2n) is 4.39. The van der Waals surface area contributed by atoms with E-state index in [0.29, 0.717) is 3.79 Å². The molecule has 0 aliphatic carbocycles. The van der Waals surface area contributed by atoms with Crippen molar-refractivity contribution in [1.82, 2.24) is 0 Å². The Morgan fingerprint density at radius 3 is 2.35 bits per heavy atom. The first-order valence-corrected chi connectivity index (χ1v) is 9.53. The molecule has 0 saturated carbocycles. The fourth-order valence-corrected chi connectivity index (χ4v) is 6.85. The first kappa shape index (κ1) is 12.6. The predicted octanol–water partition coefficient (Wildman–Crippen LogP) is 4.31. The third-order valence-electron chi connectivity index (χ3n) is 2.94. The van der Waals surface area contributed by atoms with Crippen LogP contribution in [0.25, 0.3) is 0 Å². The van der Waals surface area contributed by atoms with E-state index in [1.54, 1.807) is 6.08 Å². The van der Waals surface area contributed by atoms with E-state index < -0.39 is 19.8 Å². The van der Waals surface area contributed by atoms with Gasteiger partial charge in [-0.25, -0.2) is 0 Å². The van der Waals surface area contributed by atoms with Gasteiger partial charge in [0.15, 0.2) is 0 Å². The van der Waals surface area contributed by atoms with E-state index in [1.165, 1.54) is 22.3 Å². The second kappa shape index (κ2) is 5.17. The van der Waals surface area contributed by atoms with Crippen LogP contribution in [0.2, 0.25) is 0 Å². The average Bonchev–Trinajstić information content (AvgIpc) is 2.28. The molecule has 2 heteroatoms. The molecule has 0 unspecified atom stereocenters. The maximum atomic E-state index is 11.9. The van der Waals surface area contributed by atoms with Crippen molar-refractivity contribution in [3.05, 3.63) is 56.7 Å². The van der Waals surface area contributed by atoms with Crippen molar-refractivity contribution in [1.29, 1.82) is 0 Å². The van der Waals surface area contributed by atoms with E-state index >= 15 is 0 Å². The Morgan fingerprint density at radius 1 is 1.06 bits per heavy atom. The number of aryl methyl sites for hydroxylation is 2.